The van der Waals surface area contributed by atoms with Crippen molar-refractivity contribution in [3.63, 3.8) is 0 Å². The SMILES string of the molecule is Cc1ccc(C(O)=C2C(=O)C(=O)N(CCN(C)C)[C@H]2c2cccs2)cc1. The van der Waals surface area contributed by atoms with Crippen LogP contribution < -0.4 is 0 Å². The number of hydrogen-bond acceptors (Lipinski definition) is 5. The minimum Gasteiger partial charge on any atom is -0.507 e. The Hall–Kier alpha value is -2.44. The second-order valence-corrected chi connectivity index (χ2v) is 7.66. The van der Waals surface area contributed by atoms with E-state index in [9.17, 15) is 14.7 Å². The first-order valence-electron chi connectivity index (χ1n) is 8.43. The van der Waals surface area contributed by atoms with Gasteiger partial charge in [0.05, 0.1) is 11.6 Å². The molecule has 0 unspecified atom stereocenters. The summed E-state index contributed by atoms with van der Waals surface area (Å²) in [6, 6.07) is 10.5. The third kappa shape index (κ3) is 3.43. The van der Waals surface area contributed by atoms with Crippen LogP contribution in [0.3, 0.4) is 0 Å². The van der Waals surface area contributed by atoms with E-state index in [1.807, 2.05) is 55.6 Å². The predicted molar refractivity (Wildman–Crippen MR) is 103 cm³/mol. The molecule has 1 saturated heterocycles. The number of aliphatic hydroxyl groups is 1. The number of benzene rings is 1. The van der Waals surface area contributed by atoms with E-state index in [0.717, 1.165) is 10.4 Å². The number of ketones is 1. The molecule has 1 N–H and O–H groups in total. The largest absolute Gasteiger partial charge is 0.507 e. The molecule has 0 radical (unpaired) electrons. The second kappa shape index (κ2) is 7.43. The van der Waals surface area contributed by atoms with E-state index in [-0.39, 0.29) is 11.3 Å². The van der Waals surface area contributed by atoms with E-state index >= 15 is 0 Å². The Kier molecular flexibility index (Phi) is 5.25. The lowest BCUT2D eigenvalue weighted by Crippen LogP contribution is -2.35. The maximum atomic E-state index is 12.7. The van der Waals surface area contributed by atoms with Crippen molar-refractivity contribution in [1.29, 1.82) is 0 Å². The first-order valence-corrected chi connectivity index (χ1v) is 9.31. The Morgan fingerprint density at radius 3 is 2.46 bits per heavy atom. The normalized spacial score (nSPS) is 19.5. The van der Waals surface area contributed by atoms with Crippen molar-refractivity contribution in [2.24, 2.45) is 0 Å². The molecule has 6 heteroatoms. The molecule has 2 heterocycles. The molecule has 1 aliphatic heterocycles. The first-order chi connectivity index (χ1) is 12.4. The summed E-state index contributed by atoms with van der Waals surface area (Å²) in [6.45, 7) is 3.01. The predicted octanol–water partition coefficient (Wildman–Crippen LogP) is 3.04. The molecule has 0 bridgehead atoms. The third-order valence-electron chi connectivity index (χ3n) is 4.47. The minimum atomic E-state index is -0.625. The Morgan fingerprint density at radius 2 is 1.88 bits per heavy atom. The van der Waals surface area contributed by atoms with Crippen LogP contribution in [-0.4, -0.2) is 53.8 Å². The van der Waals surface area contributed by atoms with Gasteiger partial charge in [-0.05, 0) is 32.5 Å². The molecule has 5 nitrogen and oxygen atoms in total. The van der Waals surface area contributed by atoms with Crippen molar-refractivity contribution in [3.05, 3.63) is 63.4 Å². The smallest absolute Gasteiger partial charge is 0.295 e. The molecule has 1 amide bonds. The summed E-state index contributed by atoms with van der Waals surface area (Å²) >= 11 is 1.48. The number of carbonyl (C=O) groups excluding carboxylic acids is 2. The highest BCUT2D eigenvalue weighted by Gasteiger charge is 2.46. The van der Waals surface area contributed by atoms with Gasteiger partial charge in [0.15, 0.2) is 0 Å². The van der Waals surface area contributed by atoms with Gasteiger partial charge in [-0.2, -0.15) is 0 Å². The molecule has 1 fully saturated rings. The first kappa shape index (κ1) is 18.4. The lowest BCUT2D eigenvalue weighted by molar-refractivity contribution is -0.140. The van der Waals surface area contributed by atoms with E-state index in [1.165, 1.54) is 11.3 Å². The van der Waals surface area contributed by atoms with Crippen LogP contribution in [0.4, 0.5) is 0 Å². The molecular formula is C20H22N2O3S. The highest BCUT2D eigenvalue weighted by molar-refractivity contribution is 7.10. The molecule has 26 heavy (non-hydrogen) atoms. The van der Waals surface area contributed by atoms with Crippen LogP contribution in [-0.2, 0) is 9.59 Å². The third-order valence-corrected chi connectivity index (χ3v) is 5.39. The molecule has 136 valence electrons. The van der Waals surface area contributed by atoms with E-state index < -0.39 is 17.7 Å². The molecule has 0 spiro atoms. The molecule has 1 atom stereocenters. The summed E-state index contributed by atoms with van der Waals surface area (Å²) in [5.74, 6) is -1.30. The highest BCUT2D eigenvalue weighted by atomic mass is 32.1. The quantitative estimate of drug-likeness (QED) is 0.499. The van der Waals surface area contributed by atoms with Gasteiger partial charge in [0, 0.05) is 23.5 Å². The Morgan fingerprint density at radius 1 is 1.19 bits per heavy atom. The van der Waals surface area contributed by atoms with Gasteiger partial charge >= 0.3 is 0 Å². The fourth-order valence-electron chi connectivity index (χ4n) is 3.03. The van der Waals surface area contributed by atoms with Crippen molar-refractivity contribution < 1.29 is 14.7 Å². The molecule has 1 aliphatic rings. The van der Waals surface area contributed by atoms with Crippen LogP contribution in [0.5, 0.6) is 0 Å². The van der Waals surface area contributed by atoms with E-state index in [4.69, 9.17) is 0 Å². The molecular weight excluding hydrogens is 348 g/mol. The van der Waals surface area contributed by atoms with Crippen molar-refractivity contribution >= 4 is 28.8 Å². The number of nitrogens with zero attached hydrogens (tertiary/aromatic N) is 2. The van der Waals surface area contributed by atoms with Gasteiger partial charge in [0.2, 0.25) is 0 Å². The van der Waals surface area contributed by atoms with Crippen LogP contribution in [0.15, 0.2) is 47.4 Å². The fourth-order valence-corrected chi connectivity index (χ4v) is 3.87. The van der Waals surface area contributed by atoms with Gasteiger partial charge in [-0.3, -0.25) is 9.59 Å². The average molecular weight is 370 g/mol. The van der Waals surface area contributed by atoms with Gasteiger partial charge in [-0.15, -0.1) is 11.3 Å². The Balaban J connectivity index is 2.09. The average Bonchev–Trinajstić information content (AvgIpc) is 3.21. The Labute approximate surface area is 157 Å². The number of hydrogen-bond donors (Lipinski definition) is 1. The number of amides is 1. The van der Waals surface area contributed by atoms with E-state index in [2.05, 4.69) is 0 Å². The summed E-state index contributed by atoms with van der Waals surface area (Å²) in [5.41, 5.74) is 1.77. The van der Waals surface area contributed by atoms with Crippen molar-refractivity contribution in [1.82, 2.24) is 9.80 Å². The minimum absolute atomic E-state index is 0.117. The molecule has 0 saturated carbocycles. The van der Waals surface area contributed by atoms with Gasteiger partial charge in [0.1, 0.15) is 5.76 Å². The van der Waals surface area contributed by atoms with Gasteiger partial charge in [-0.25, -0.2) is 0 Å². The number of carbonyl (C=O) groups is 2. The number of likely N-dealkylation sites (N-methyl/N-ethyl adjacent to an activating group) is 1. The van der Waals surface area contributed by atoms with Gasteiger partial charge in [-0.1, -0.05) is 35.9 Å². The van der Waals surface area contributed by atoms with Crippen LogP contribution >= 0.6 is 11.3 Å². The number of aliphatic hydroxyl groups excluding tert-OH is 1. The number of thiophene rings is 1. The highest BCUT2D eigenvalue weighted by Crippen LogP contribution is 2.40. The van der Waals surface area contributed by atoms with Crippen molar-refractivity contribution in [2.45, 2.75) is 13.0 Å². The standard InChI is InChI=1S/C20H22N2O3S/c1-13-6-8-14(9-7-13)18(23)16-17(15-5-4-12-26-15)22(11-10-21(2)3)20(25)19(16)24/h4-9,12,17,23H,10-11H2,1-3H3/t17-/m0/s1. The summed E-state index contributed by atoms with van der Waals surface area (Å²) in [7, 11) is 3.84. The Bertz CT molecular complexity index is 838. The lowest BCUT2D eigenvalue weighted by atomic mass is 9.99. The summed E-state index contributed by atoms with van der Waals surface area (Å²) in [6.07, 6.45) is 0. The maximum absolute atomic E-state index is 12.7. The zero-order chi connectivity index (χ0) is 18.8. The van der Waals surface area contributed by atoms with Crippen LogP contribution in [0.2, 0.25) is 0 Å². The van der Waals surface area contributed by atoms with Gasteiger partial charge < -0.3 is 14.9 Å². The maximum Gasteiger partial charge on any atom is 0.295 e. The van der Waals surface area contributed by atoms with Crippen molar-refractivity contribution in [2.75, 3.05) is 27.2 Å². The topological polar surface area (TPSA) is 60.9 Å². The molecule has 1 aromatic heterocycles. The number of likely N-dealkylation sites (tertiary alicyclic amines) is 1. The molecule has 2 aromatic rings. The van der Waals surface area contributed by atoms with Crippen LogP contribution in [0.1, 0.15) is 22.0 Å². The summed E-state index contributed by atoms with van der Waals surface area (Å²) in [5, 5.41) is 12.7. The zero-order valence-corrected chi connectivity index (χ0v) is 15.9. The van der Waals surface area contributed by atoms with Gasteiger partial charge in [0.25, 0.3) is 11.7 Å². The second-order valence-electron chi connectivity index (χ2n) is 6.68. The summed E-state index contributed by atoms with van der Waals surface area (Å²) in [4.78, 5) is 29.8. The fraction of sp³-hybridized carbons (Fsp3) is 0.300. The molecule has 0 aliphatic carbocycles. The zero-order valence-electron chi connectivity index (χ0n) is 15.1. The number of aryl methyl sites for hydroxylation is 1. The number of Topliss-reactive ketones (excluding diaryl/α,β-unsaturated/α-hetero) is 1. The molecule has 1 aromatic carbocycles. The van der Waals surface area contributed by atoms with Crippen molar-refractivity contribution in [3.8, 4) is 0 Å². The molecule has 3 rings (SSSR count). The lowest BCUT2D eigenvalue weighted by Gasteiger charge is -2.25. The van der Waals surface area contributed by atoms with E-state index in [0.29, 0.717) is 18.7 Å². The van der Waals surface area contributed by atoms with Crippen LogP contribution in [0.25, 0.3) is 5.76 Å². The summed E-state index contributed by atoms with van der Waals surface area (Å²) < 4.78 is 0. The van der Waals surface area contributed by atoms with E-state index in [1.54, 1.807) is 17.0 Å². The monoisotopic (exact) mass is 370 g/mol. The number of rotatable bonds is 5. The van der Waals surface area contributed by atoms with Crippen LogP contribution in [0, 0.1) is 6.92 Å².